The lowest BCUT2D eigenvalue weighted by Crippen LogP contribution is -2.47. The van der Waals surface area contributed by atoms with E-state index in [2.05, 4.69) is 5.32 Å². The molecule has 102 valence electrons. The van der Waals surface area contributed by atoms with Gasteiger partial charge >= 0.3 is 6.18 Å². The van der Waals surface area contributed by atoms with Crippen LogP contribution in [0.15, 0.2) is 0 Å². The molecule has 1 rings (SSSR count). The highest BCUT2D eigenvalue weighted by Crippen LogP contribution is 2.33. The number of rotatable bonds is 5. The van der Waals surface area contributed by atoms with Gasteiger partial charge in [-0.3, -0.25) is 4.90 Å². The van der Waals surface area contributed by atoms with Crippen molar-refractivity contribution in [3.8, 4) is 0 Å². The van der Waals surface area contributed by atoms with Gasteiger partial charge in [-0.05, 0) is 32.9 Å². The fourth-order valence-electron chi connectivity index (χ4n) is 2.59. The van der Waals surface area contributed by atoms with Crippen LogP contribution in [-0.2, 0) is 0 Å². The number of hydrogen-bond acceptors (Lipinski definition) is 3. The third-order valence-corrected chi connectivity index (χ3v) is 3.72. The molecule has 6 heteroatoms. The lowest BCUT2D eigenvalue weighted by atomic mass is 9.99. The second-order valence-corrected chi connectivity index (χ2v) is 4.76. The number of nitrogens with zero attached hydrogens (tertiary/aromatic N) is 1. The van der Waals surface area contributed by atoms with Gasteiger partial charge in [0.25, 0.3) is 0 Å². The first kappa shape index (κ1) is 14.7. The molecular formula is C11H21F3N2O. The van der Waals surface area contributed by atoms with Crippen molar-refractivity contribution in [1.82, 2.24) is 10.2 Å². The second-order valence-electron chi connectivity index (χ2n) is 4.76. The van der Waals surface area contributed by atoms with E-state index in [0.717, 1.165) is 6.42 Å². The molecule has 0 aliphatic heterocycles. The third-order valence-electron chi connectivity index (χ3n) is 3.72. The quantitative estimate of drug-likeness (QED) is 0.778. The smallest absolute Gasteiger partial charge is 0.394 e. The molecule has 0 amide bonds. The molecule has 1 fully saturated rings. The molecule has 0 aromatic rings. The average Bonchev–Trinajstić information content (AvgIpc) is 2.69. The van der Waals surface area contributed by atoms with E-state index in [0.29, 0.717) is 19.4 Å². The van der Waals surface area contributed by atoms with Crippen LogP contribution >= 0.6 is 0 Å². The van der Waals surface area contributed by atoms with E-state index < -0.39 is 18.3 Å². The number of aliphatic hydroxyl groups is 1. The summed E-state index contributed by atoms with van der Waals surface area (Å²) in [5.41, 5.74) is -0.399. The van der Waals surface area contributed by atoms with Crippen molar-refractivity contribution in [3.63, 3.8) is 0 Å². The molecule has 0 radical (unpaired) electrons. The fraction of sp³-hybridized carbons (Fsp3) is 1.00. The minimum Gasteiger partial charge on any atom is -0.394 e. The first-order valence-corrected chi connectivity index (χ1v) is 5.96. The Morgan fingerprint density at radius 2 is 2.12 bits per heavy atom. The van der Waals surface area contributed by atoms with Crippen LogP contribution in [0.4, 0.5) is 13.2 Å². The van der Waals surface area contributed by atoms with Gasteiger partial charge in [0.05, 0.1) is 13.2 Å². The van der Waals surface area contributed by atoms with Crippen LogP contribution in [0.3, 0.4) is 0 Å². The minimum absolute atomic E-state index is 0.0242. The minimum atomic E-state index is -4.15. The second kappa shape index (κ2) is 5.54. The van der Waals surface area contributed by atoms with Gasteiger partial charge in [0, 0.05) is 11.6 Å². The van der Waals surface area contributed by atoms with Crippen molar-refractivity contribution in [3.05, 3.63) is 0 Å². The molecule has 0 heterocycles. The largest absolute Gasteiger partial charge is 0.401 e. The molecular weight excluding hydrogens is 233 g/mol. The van der Waals surface area contributed by atoms with Crippen molar-refractivity contribution in [2.24, 2.45) is 0 Å². The highest BCUT2D eigenvalue weighted by molar-refractivity contribution is 4.98. The van der Waals surface area contributed by atoms with Gasteiger partial charge in [-0.15, -0.1) is 0 Å². The molecule has 0 bridgehead atoms. The van der Waals surface area contributed by atoms with Gasteiger partial charge in [0.1, 0.15) is 0 Å². The first-order valence-electron chi connectivity index (χ1n) is 5.96. The number of nitrogens with one attached hydrogen (secondary N) is 1. The fourth-order valence-corrected chi connectivity index (χ4v) is 2.59. The summed E-state index contributed by atoms with van der Waals surface area (Å²) in [6.07, 6.45) is -2.16. The maximum Gasteiger partial charge on any atom is 0.401 e. The zero-order chi connectivity index (χ0) is 13.1. The number of alkyl halides is 3. The summed E-state index contributed by atoms with van der Waals surface area (Å²) in [6, 6.07) is -0.0961. The number of halogens is 3. The molecule has 1 aliphatic rings. The first-order chi connectivity index (χ1) is 7.86. The molecule has 3 nitrogen and oxygen atoms in total. The standard InChI is InChI=1S/C11H21F3N2O/c1-3-16(7-11(12,13)14)9-4-5-10(6-9,8-17)15-2/h9,15,17H,3-8H2,1-2H3. The normalized spacial score (nSPS) is 30.2. The van der Waals surface area contributed by atoms with E-state index in [4.69, 9.17) is 0 Å². The van der Waals surface area contributed by atoms with Crippen LogP contribution < -0.4 is 5.32 Å². The Balaban J connectivity index is 2.61. The summed E-state index contributed by atoms with van der Waals surface area (Å²) >= 11 is 0. The summed E-state index contributed by atoms with van der Waals surface area (Å²) in [7, 11) is 1.75. The van der Waals surface area contributed by atoms with Crippen LogP contribution in [0.5, 0.6) is 0 Å². The Hall–Kier alpha value is -0.330. The monoisotopic (exact) mass is 254 g/mol. The summed E-state index contributed by atoms with van der Waals surface area (Å²) in [5.74, 6) is 0. The van der Waals surface area contributed by atoms with Crippen LogP contribution in [0, 0.1) is 0 Å². The molecule has 2 N–H and O–H groups in total. The summed E-state index contributed by atoms with van der Waals surface area (Å²) < 4.78 is 37.2. The summed E-state index contributed by atoms with van der Waals surface area (Å²) in [5, 5.41) is 12.4. The van der Waals surface area contributed by atoms with E-state index in [1.54, 1.807) is 14.0 Å². The van der Waals surface area contributed by atoms with Gasteiger partial charge in [-0.2, -0.15) is 13.2 Å². The lowest BCUT2D eigenvalue weighted by molar-refractivity contribution is -0.150. The molecule has 2 unspecified atom stereocenters. The molecule has 0 aromatic carbocycles. The summed E-state index contributed by atoms with van der Waals surface area (Å²) in [4.78, 5) is 1.45. The van der Waals surface area contributed by atoms with Crippen LogP contribution in [-0.4, -0.2) is 54.5 Å². The maximum absolute atomic E-state index is 12.4. The Kier molecular flexibility index (Phi) is 4.80. The molecule has 2 atom stereocenters. The van der Waals surface area contributed by atoms with Crippen molar-refractivity contribution in [2.45, 2.75) is 43.9 Å². The Bertz CT molecular complexity index is 241. The van der Waals surface area contributed by atoms with E-state index in [1.807, 2.05) is 0 Å². The Labute approximate surface area is 100.0 Å². The van der Waals surface area contributed by atoms with Gasteiger partial charge in [-0.25, -0.2) is 0 Å². The Morgan fingerprint density at radius 1 is 1.47 bits per heavy atom. The highest BCUT2D eigenvalue weighted by atomic mass is 19.4. The van der Waals surface area contributed by atoms with Crippen molar-refractivity contribution in [1.29, 1.82) is 0 Å². The van der Waals surface area contributed by atoms with Crippen molar-refractivity contribution < 1.29 is 18.3 Å². The topological polar surface area (TPSA) is 35.5 Å². The molecule has 0 spiro atoms. The number of hydrogen-bond donors (Lipinski definition) is 2. The highest BCUT2D eigenvalue weighted by Gasteiger charge is 2.42. The van der Waals surface area contributed by atoms with Gasteiger partial charge in [0.15, 0.2) is 0 Å². The average molecular weight is 254 g/mol. The van der Waals surface area contributed by atoms with E-state index in [-0.39, 0.29) is 12.6 Å². The summed E-state index contributed by atoms with van der Waals surface area (Å²) in [6.45, 7) is 1.24. The van der Waals surface area contributed by atoms with E-state index >= 15 is 0 Å². The van der Waals surface area contributed by atoms with E-state index in [1.165, 1.54) is 4.90 Å². The van der Waals surface area contributed by atoms with Crippen LogP contribution in [0.1, 0.15) is 26.2 Å². The van der Waals surface area contributed by atoms with Crippen LogP contribution in [0.25, 0.3) is 0 Å². The molecule has 0 aromatic heterocycles. The molecule has 1 saturated carbocycles. The van der Waals surface area contributed by atoms with Gasteiger partial charge in [-0.1, -0.05) is 6.92 Å². The molecule has 17 heavy (non-hydrogen) atoms. The maximum atomic E-state index is 12.4. The molecule has 0 saturated heterocycles. The van der Waals surface area contributed by atoms with Gasteiger partial charge < -0.3 is 10.4 Å². The number of aliphatic hydroxyl groups excluding tert-OH is 1. The lowest BCUT2D eigenvalue weighted by Gasteiger charge is -2.31. The SMILES string of the molecule is CCN(CC(F)(F)F)C1CCC(CO)(NC)C1. The number of likely N-dealkylation sites (N-methyl/N-ethyl adjacent to an activating group) is 1. The zero-order valence-corrected chi connectivity index (χ0v) is 10.3. The Morgan fingerprint density at radius 3 is 2.47 bits per heavy atom. The van der Waals surface area contributed by atoms with E-state index in [9.17, 15) is 18.3 Å². The van der Waals surface area contributed by atoms with Crippen molar-refractivity contribution >= 4 is 0 Å². The van der Waals surface area contributed by atoms with Crippen molar-refractivity contribution in [2.75, 3.05) is 26.7 Å². The predicted molar refractivity (Wildman–Crippen MR) is 59.8 cm³/mol. The molecule has 1 aliphatic carbocycles. The van der Waals surface area contributed by atoms with Crippen LogP contribution in [0.2, 0.25) is 0 Å². The van der Waals surface area contributed by atoms with Gasteiger partial charge in [0.2, 0.25) is 0 Å². The zero-order valence-electron chi connectivity index (χ0n) is 10.3. The third kappa shape index (κ3) is 3.82. The predicted octanol–water partition coefficient (Wildman–Crippen LogP) is 1.37.